The van der Waals surface area contributed by atoms with Gasteiger partial charge in [0.25, 0.3) is 5.56 Å². The van der Waals surface area contributed by atoms with E-state index in [1.165, 1.54) is 10.7 Å². The van der Waals surface area contributed by atoms with Gasteiger partial charge in [0.05, 0.1) is 5.52 Å². The Bertz CT molecular complexity index is 1880. The standard InChI is InChI=1S/C28H25N9O2/c1-18-17-34(2)14-15-35(18)19-8-10-20(11-9-19)39-28-31-16-22-24(33-28)32-25-21-6-3-4-7-23(21)36(37(25)26(22)38)27-29-12-5-13-30-27/h3-13,16,18H,14-15,17H2,1-2H3. The van der Waals surface area contributed by atoms with Crippen molar-refractivity contribution in [1.82, 2.24) is 39.0 Å². The van der Waals surface area contributed by atoms with Crippen LogP contribution in [0.3, 0.4) is 0 Å². The third-order valence-electron chi connectivity index (χ3n) is 7.10. The minimum absolute atomic E-state index is 0.120. The number of ether oxygens (including phenoxy) is 1. The molecule has 11 nitrogen and oxygen atoms in total. The van der Waals surface area contributed by atoms with Crippen molar-refractivity contribution >= 4 is 33.3 Å². The van der Waals surface area contributed by atoms with E-state index >= 15 is 0 Å². The lowest BCUT2D eigenvalue weighted by Crippen LogP contribution is -2.50. The van der Waals surface area contributed by atoms with Crippen molar-refractivity contribution in [1.29, 1.82) is 0 Å². The fourth-order valence-corrected chi connectivity index (χ4v) is 5.25. The van der Waals surface area contributed by atoms with Crippen molar-refractivity contribution in [3.63, 3.8) is 0 Å². The van der Waals surface area contributed by atoms with Gasteiger partial charge in [-0.25, -0.2) is 24.6 Å². The molecule has 0 N–H and O–H groups in total. The van der Waals surface area contributed by atoms with E-state index in [-0.39, 0.29) is 22.6 Å². The second-order valence-electron chi connectivity index (χ2n) is 9.72. The third-order valence-corrected chi connectivity index (χ3v) is 7.10. The molecule has 5 heterocycles. The van der Waals surface area contributed by atoms with Crippen LogP contribution in [0, 0.1) is 0 Å². The molecular weight excluding hydrogens is 494 g/mol. The van der Waals surface area contributed by atoms with Gasteiger partial charge in [-0.15, -0.1) is 0 Å². The van der Waals surface area contributed by atoms with Crippen molar-refractivity contribution in [2.24, 2.45) is 0 Å². The summed E-state index contributed by atoms with van der Waals surface area (Å²) < 4.78 is 9.09. The summed E-state index contributed by atoms with van der Waals surface area (Å²) in [6.07, 6.45) is 4.72. The van der Waals surface area contributed by atoms with Gasteiger partial charge in [-0.1, -0.05) is 12.1 Å². The molecule has 0 radical (unpaired) electrons. The molecule has 39 heavy (non-hydrogen) atoms. The van der Waals surface area contributed by atoms with E-state index in [9.17, 15) is 4.79 Å². The molecule has 2 aromatic carbocycles. The van der Waals surface area contributed by atoms with Gasteiger partial charge < -0.3 is 14.5 Å². The number of hydrogen-bond donors (Lipinski definition) is 0. The first-order valence-electron chi connectivity index (χ1n) is 12.8. The van der Waals surface area contributed by atoms with Gasteiger partial charge in [0.15, 0.2) is 11.3 Å². The lowest BCUT2D eigenvalue weighted by atomic mass is 10.1. The van der Waals surface area contributed by atoms with Crippen molar-refractivity contribution in [2.45, 2.75) is 13.0 Å². The second-order valence-corrected chi connectivity index (χ2v) is 9.72. The number of likely N-dealkylation sites (N-methyl/N-ethyl adjacent to an activating group) is 1. The van der Waals surface area contributed by atoms with E-state index in [0.29, 0.717) is 23.4 Å². The van der Waals surface area contributed by atoms with Gasteiger partial charge in [0, 0.05) is 55.3 Å². The highest BCUT2D eigenvalue weighted by molar-refractivity contribution is 5.95. The van der Waals surface area contributed by atoms with Crippen LogP contribution in [0.4, 0.5) is 5.69 Å². The summed E-state index contributed by atoms with van der Waals surface area (Å²) in [5.41, 5.74) is 2.28. The van der Waals surface area contributed by atoms with Gasteiger partial charge in [0.2, 0.25) is 5.95 Å². The zero-order valence-electron chi connectivity index (χ0n) is 21.5. The number of para-hydroxylation sites is 1. The average Bonchev–Trinajstić information content (AvgIpc) is 3.29. The Labute approximate surface area is 223 Å². The van der Waals surface area contributed by atoms with Crippen LogP contribution in [0.15, 0.2) is 78.0 Å². The number of piperazine rings is 1. The van der Waals surface area contributed by atoms with Crippen LogP contribution in [-0.2, 0) is 0 Å². The van der Waals surface area contributed by atoms with Crippen LogP contribution >= 0.6 is 0 Å². The molecule has 0 amide bonds. The molecule has 1 unspecified atom stereocenters. The number of fused-ring (bicyclic) bond motifs is 4. The zero-order chi connectivity index (χ0) is 26.5. The molecule has 7 rings (SSSR count). The molecule has 0 spiro atoms. The van der Waals surface area contributed by atoms with Crippen LogP contribution in [0.2, 0.25) is 0 Å². The Kier molecular flexibility index (Phi) is 5.44. The van der Waals surface area contributed by atoms with Gasteiger partial charge in [-0.2, -0.15) is 9.50 Å². The quantitative estimate of drug-likeness (QED) is 0.347. The van der Waals surface area contributed by atoms with Crippen LogP contribution in [0.5, 0.6) is 11.8 Å². The maximum atomic E-state index is 13.7. The Morgan fingerprint density at radius 2 is 1.69 bits per heavy atom. The molecule has 1 aliphatic heterocycles. The molecular formula is C28H25N9O2. The topological polar surface area (TPSA) is 107 Å². The van der Waals surface area contributed by atoms with Crippen LogP contribution in [0.25, 0.3) is 33.5 Å². The summed E-state index contributed by atoms with van der Waals surface area (Å²) in [4.78, 5) is 40.7. The summed E-state index contributed by atoms with van der Waals surface area (Å²) in [6.45, 7) is 5.28. The Balaban J connectivity index is 1.27. The van der Waals surface area contributed by atoms with E-state index in [2.05, 4.69) is 43.7 Å². The first kappa shape index (κ1) is 23.2. The van der Waals surface area contributed by atoms with Crippen LogP contribution in [0.1, 0.15) is 6.92 Å². The summed E-state index contributed by atoms with van der Waals surface area (Å²) in [5, 5.41) is 1.04. The molecule has 1 saturated heterocycles. The minimum atomic E-state index is -0.323. The number of hydrogen-bond acceptors (Lipinski definition) is 9. The number of nitrogens with zero attached hydrogens (tertiary/aromatic N) is 9. The normalized spacial score (nSPS) is 16.4. The van der Waals surface area contributed by atoms with Crippen LogP contribution < -0.4 is 15.2 Å². The van der Waals surface area contributed by atoms with E-state index in [0.717, 1.165) is 36.2 Å². The van der Waals surface area contributed by atoms with E-state index in [4.69, 9.17) is 9.72 Å². The smallest absolute Gasteiger partial charge is 0.324 e. The molecule has 0 saturated carbocycles. The number of aromatic nitrogens is 7. The van der Waals surface area contributed by atoms with Gasteiger partial charge in [-0.3, -0.25) is 4.79 Å². The van der Waals surface area contributed by atoms with Gasteiger partial charge in [-0.05, 0) is 56.4 Å². The molecule has 1 atom stereocenters. The first-order valence-corrected chi connectivity index (χ1v) is 12.8. The summed E-state index contributed by atoms with van der Waals surface area (Å²) in [6, 6.07) is 17.8. The zero-order valence-corrected chi connectivity index (χ0v) is 21.5. The molecule has 4 aromatic heterocycles. The van der Waals surface area contributed by atoms with E-state index < -0.39 is 0 Å². The lowest BCUT2D eigenvalue weighted by Gasteiger charge is -2.39. The average molecular weight is 520 g/mol. The predicted molar refractivity (Wildman–Crippen MR) is 148 cm³/mol. The van der Waals surface area contributed by atoms with E-state index in [1.54, 1.807) is 23.1 Å². The van der Waals surface area contributed by atoms with Crippen molar-refractivity contribution < 1.29 is 4.74 Å². The highest BCUT2D eigenvalue weighted by Crippen LogP contribution is 2.27. The molecule has 6 aromatic rings. The summed E-state index contributed by atoms with van der Waals surface area (Å²) >= 11 is 0. The Morgan fingerprint density at radius 3 is 2.49 bits per heavy atom. The van der Waals surface area contributed by atoms with Gasteiger partial charge >= 0.3 is 6.01 Å². The van der Waals surface area contributed by atoms with Gasteiger partial charge in [0.1, 0.15) is 11.1 Å². The number of rotatable bonds is 4. The summed E-state index contributed by atoms with van der Waals surface area (Å²) in [5.74, 6) is 0.970. The summed E-state index contributed by atoms with van der Waals surface area (Å²) in [7, 11) is 2.15. The second kappa shape index (κ2) is 9.14. The SMILES string of the molecule is CC1CN(C)CCN1c1ccc(Oc2ncc3c(=O)n4c(nc3n2)c2ccccc2n4-c2ncccn2)cc1. The number of anilines is 1. The molecule has 194 valence electrons. The van der Waals surface area contributed by atoms with Crippen LogP contribution in [-0.4, -0.2) is 71.7 Å². The Morgan fingerprint density at radius 1 is 0.897 bits per heavy atom. The Hall–Kier alpha value is -4.90. The molecule has 0 bridgehead atoms. The monoisotopic (exact) mass is 519 g/mol. The van der Waals surface area contributed by atoms with Crippen molar-refractivity contribution in [3.05, 3.63) is 83.5 Å². The van der Waals surface area contributed by atoms with Crippen molar-refractivity contribution in [3.8, 4) is 17.7 Å². The largest absolute Gasteiger partial charge is 0.424 e. The fraction of sp³-hybridized carbons (Fsp3) is 0.214. The fourth-order valence-electron chi connectivity index (χ4n) is 5.25. The van der Waals surface area contributed by atoms with E-state index in [1.807, 2.05) is 48.5 Å². The van der Waals surface area contributed by atoms with Crippen molar-refractivity contribution in [2.75, 3.05) is 31.6 Å². The first-order chi connectivity index (χ1) is 19.1. The minimum Gasteiger partial charge on any atom is -0.424 e. The molecule has 11 heteroatoms. The highest BCUT2D eigenvalue weighted by atomic mass is 16.5. The highest BCUT2D eigenvalue weighted by Gasteiger charge is 2.22. The number of benzene rings is 2. The maximum absolute atomic E-state index is 13.7. The molecule has 0 aliphatic carbocycles. The lowest BCUT2D eigenvalue weighted by molar-refractivity contribution is 0.275. The molecule has 1 fully saturated rings. The predicted octanol–water partition coefficient (Wildman–Crippen LogP) is 3.30. The maximum Gasteiger partial charge on any atom is 0.324 e. The molecule has 1 aliphatic rings. The third kappa shape index (κ3) is 3.94.